The number of carbonyl (C=O) groups excluding carboxylic acids is 1. The van der Waals surface area contributed by atoms with E-state index in [0.717, 1.165) is 16.3 Å². The quantitative estimate of drug-likeness (QED) is 0.586. The molecule has 0 fully saturated rings. The lowest BCUT2D eigenvalue weighted by atomic mass is 10.1. The normalized spacial score (nSPS) is 11.0. The molecule has 4 rings (SSSR count). The van der Waals surface area contributed by atoms with Gasteiger partial charge in [0.2, 0.25) is 0 Å². The second kappa shape index (κ2) is 6.81. The molecule has 0 saturated heterocycles. The van der Waals surface area contributed by atoms with Gasteiger partial charge in [-0.15, -0.1) is 11.3 Å². The first-order valence-corrected chi connectivity index (χ1v) is 8.97. The van der Waals surface area contributed by atoms with E-state index in [0.29, 0.717) is 16.7 Å². The highest BCUT2D eigenvalue weighted by Crippen LogP contribution is 2.25. The van der Waals surface area contributed by atoms with Crippen LogP contribution in [0, 0.1) is 5.82 Å². The number of thiazole rings is 1. The Kier molecular flexibility index (Phi) is 4.33. The third kappa shape index (κ3) is 3.39. The SMILES string of the molecule is Cn1c(=O)oc2cc(-c3csc(CNC(=O)c4ccc(F)cc4)n3)ccc21. The van der Waals surface area contributed by atoms with E-state index in [1.807, 2.05) is 17.5 Å². The van der Waals surface area contributed by atoms with E-state index in [-0.39, 0.29) is 18.3 Å². The van der Waals surface area contributed by atoms with Crippen LogP contribution in [0.25, 0.3) is 22.4 Å². The van der Waals surface area contributed by atoms with Crippen LogP contribution in [0.4, 0.5) is 4.39 Å². The third-order valence-corrected chi connectivity index (χ3v) is 5.00. The van der Waals surface area contributed by atoms with Crippen LogP contribution in [0.3, 0.4) is 0 Å². The van der Waals surface area contributed by atoms with Crippen LogP contribution in [-0.2, 0) is 13.6 Å². The van der Waals surface area contributed by atoms with Gasteiger partial charge in [-0.2, -0.15) is 0 Å². The molecular formula is C19H14FN3O3S. The summed E-state index contributed by atoms with van der Waals surface area (Å²) in [5, 5.41) is 5.37. The lowest BCUT2D eigenvalue weighted by Gasteiger charge is -2.03. The van der Waals surface area contributed by atoms with Gasteiger partial charge in [-0.1, -0.05) is 6.07 Å². The minimum Gasteiger partial charge on any atom is -0.408 e. The maximum atomic E-state index is 12.9. The molecule has 0 bridgehead atoms. The Hall–Kier alpha value is -3.26. The molecule has 27 heavy (non-hydrogen) atoms. The zero-order valence-corrected chi connectivity index (χ0v) is 15.0. The predicted octanol–water partition coefficient (Wildman–Crippen LogP) is 3.32. The second-order valence-electron chi connectivity index (χ2n) is 5.93. The number of carbonyl (C=O) groups is 1. The Balaban J connectivity index is 1.49. The van der Waals surface area contributed by atoms with Gasteiger partial charge in [0.05, 0.1) is 17.8 Å². The van der Waals surface area contributed by atoms with Crippen LogP contribution >= 0.6 is 11.3 Å². The van der Waals surface area contributed by atoms with Gasteiger partial charge < -0.3 is 9.73 Å². The molecule has 0 aliphatic heterocycles. The number of hydrogen-bond donors (Lipinski definition) is 1. The van der Waals surface area contributed by atoms with Crippen molar-refractivity contribution < 1.29 is 13.6 Å². The van der Waals surface area contributed by atoms with Crippen LogP contribution in [0.15, 0.2) is 57.1 Å². The third-order valence-electron chi connectivity index (χ3n) is 4.15. The Labute approximate surface area is 156 Å². The molecule has 0 aliphatic carbocycles. The second-order valence-corrected chi connectivity index (χ2v) is 6.87. The van der Waals surface area contributed by atoms with E-state index in [2.05, 4.69) is 10.3 Å². The highest BCUT2D eigenvalue weighted by Gasteiger charge is 2.11. The van der Waals surface area contributed by atoms with Gasteiger partial charge in [0.1, 0.15) is 10.8 Å². The highest BCUT2D eigenvalue weighted by atomic mass is 32.1. The monoisotopic (exact) mass is 383 g/mol. The standard InChI is InChI=1S/C19H14FN3O3S/c1-23-15-7-4-12(8-16(15)26-19(23)25)14-10-27-17(22-14)9-21-18(24)11-2-5-13(20)6-3-11/h2-8,10H,9H2,1H3,(H,21,24). The predicted molar refractivity (Wildman–Crippen MR) is 100 cm³/mol. The molecule has 0 aliphatic rings. The van der Waals surface area contributed by atoms with Crippen molar-refractivity contribution in [3.63, 3.8) is 0 Å². The summed E-state index contributed by atoms with van der Waals surface area (Å²) < 4.78 is 19.6. The first-order chi connectivity index (χ1) is 13.0. The fourth-order valence-corrected chi connectivity index (χ4v) is 3.42. The summed E-state index contributed by atoms with van der Waals surface area (Å²) in [7, 11) is 1.65. The Morgan fingerprint density at radius 2 is 2.04 bits per heavy atom. The molecule has 136 valence electrons. The van der Waals surface area contributed by atoms with E-state index in [1.165, 1.54) is 40.2 Å². The summed E-state index contributed by atoms with van der Waals surface area (Å²) in [5.41, 5.74) is 3.16. The summed E-state index contributed by atoms with van der Waals surface area (Å²) in [6, 6.07) is 10.8. The van der Waals surface area contributed by atoms with E-state index >= 15 is 0 Å². The van der Waals surface area contributed by atoms with E-state index in [1.54, 1.807) is 13.1 Å². The van der Waals surface area contributed by atoms with Crippen molar-refractivity contribution in [1.29, 1.82) is 0 Å². The maximum Gasteiger partial charge on any atom is 0.419 e. The zero-order valence-electron chi connectivity index (χ0n) is 14.2. The Morgan fingerprint density at radius 3 is 2.81 bits per heavy atom. The van der Waals surface area contributed by atoms with Crippen LogP contribution in [0.5, 0.6) is 0 Å². The van der Waals surface area contributed by atoms with Crippen molar-refractivity contribution in [2.45, 2.75) is 6.54 Å². The molecule has 1 amide bonds. The average molecular weight is 383 g/mol. The Bertz CT molecular complexity index is 1190. The number of rotatable bonds is 4. The number of nitrogens with one attached hydrogen (secondary N) is 1. The first kappa shape index (κ1) is 17.2. The zero-order chi connectivity index (χ0) is 19.0. The molecule has 0 atom stereocenters. The summed E-state index contributed by atoms with van der Waals surface area (Å²) in [5.74, 6) is -1.09. The molecule has 2 aromatic heterocycles. The van der Waals surface area contributed by atoms with E-state index in [9.17, 15) is 14.0 Å². The van der Waals surface area contributed by atoms with Gasteiger partial charge >= 0.3 is 5.76 Å². The molecule has 6 nitrogen and oxygen atoms in total. The number of amides is 1. The minimum absolute atomic E-state index is 0.267. The van der Waals surface area contributed by atoms with Gasteiger partial charge in [0.25, 0.3) is 5.91 Å². The minimum atomic E-state index is -0.412. The highest BCUT2D eigenvalue weighted by molar-refractivity contribution is 7.09. The van der Waals surface area contributed by atoms with Gasteiger partial charge in [-0.25, -0.2) is 14.2 Å². The molecule has 0 radical (unpaired) electrons. The Morgan fingerprint density at radius 1 is 1.26 bits per heavy atom. The van der Waals surface area contributed by atoms with Gasteiger partial charge in [-0.3, -0.25) is 9.36 Å². The van der Waals surface area contributed by atoms with Crippen LogP contribution in [0.2, 0.25) is 0 Å². The molecule has 0 saturated carbocycles. The number of aromatic nitrogens is 2. The lowest BCUT2D eigenvalue weighted by Crippen LogP contribution is -2.22. The summed E-state index contributed by atoms with van der Waals surface area (Å²) in [4.78, 5) is 28.2. The van der Waals surface area contributed by atoms with Gasteiger partial charge in [0, 0.05) is 23.6 Å². The van der Waals surface area contributed by atoms with E-state index in [4.69, 9.17) is 4.42 Å². The van der Waals surface area contributed by atoms with Crippen LogP contribution in [0.1, 0.15) is 15.4 Å². The first-order valence-electron chi connectivity index (χ1n) is 8.09. The van der Waals surface area contributed by atoms with Crippen molar-refractivity contribution in [2.75, 3.05) is 0 Å². The smallest absolute Gasteiger partial charge is 0.408 e. The molecular weight excluding hydrogens is 369 g/mol. The fraction of sp³-hybridized carbons (Fsp3) is 0.105. The number of nitrogens with zero attached hydrogens (tertiary/aromatic N) is 2. The maximum absolute atomic E-state index is 12.9. The molecule has 2 heterocycles. The number of halogens is 1. The van der Waals surface area contributed by atoms with Crippen molar-refractivity contribution in [2.24, 2.45) is 7.05 Å². The molecule has 8 heteroatoms. The van der Waals surface area contributed by atoms with Crippen molar-refractivity contribution >= 4 is 28.3 Å². The largest absolute Gasteiger partial charge is 0.419 e. The summed E-state index contributed by atoms with van der Waals surface area (Å²) >= 11 is 1.41. The van der Waals surface area contributed by atoms with Crippen molar-refractivity contribution in [3.8, 4) is 11.3 Å². The van der Waals surface area contributed by atoms with Crippen LogP contribution in [-0.4, -0.2) is 15.5 Å². The van der Waals surface area contributed by atoms with Gasteiger partial charge in [-0.05, 0) is 36.4 Å². The average Bonchev–Trinajstić information content (AvgIpc) is 3.25. The molecule has 0 unspecified atom stereocenters. The summed E-state index contributed by atoms with van der Waals surface area (Å²) in [6.45, 7) is 0.267. The van der Waals surface area contributed by atoms with Crippen molar-refractivity contribution in [3.05, 3.63) is 74.8 Å². The fourth-order valence-electron chi connectivity index (χ4n) is 2.68. The number of aryl methyl sites for hydroxylation is 1. The van der Waals surface area contributed by atoms with Crippen LogP contribution < -0.4 is 11.1 Å². The molecule has 0 spiro atoms. The molecule has 4 aromatic rings. The van der Waals surface area contributed by atoms with Crippen molar-refractivity contribution in [1.82, 2.24) is 14.9 Å². The number of oxazole rings is 1. The topological polar surface area (TPSA) is 77.1 Å². The molecule has 1 N–H and O–H groups in total. The number of hydrogen-bond acceptors (Lipinski definition) is 5. The number of fused-ring (bicyclic) bond motifs is 1. The number of benzene rings is 2. The lowest BCUT2D eigenvalue weighted by molar-refractivity contribution is 0.0951. The van der Waals surface area contributed by atoms with Gasteiger partial charge in [0.15, 0.2) is 5.58 Å². The molecule has 2 aromatic carbocycles. The summed E-state index contributed by atoms with van der Waals surface area (Å²) in [6.07, 6.45) is 0. The van der Waals surface area contributed by atoms with E-state index < -0.39 is 5.76 Å².